The lowest BCUT2D eigenvalue weighted by molar-refractivity contribution is 0.563. The van der Waals surface area contributed by atoms with Crippen molar-refractivity contribution < 1.29 is 14.0 Å². The molecular weight excluding hydrogens is 175 g/mol. The van der Waals surface area contributed by atoms with E-state index in [0.717, 1.165) is 6.07 Å². The van der Waals surface area contributed by atoms with Gasteiger partial charge < -0.3 is 0 Å². The molecule has 4 nitrogen and oxygen atoms in total. The molecule has 0 bridgehead atoms. The molecule has 5 heteroatoms. The van der Waals surface area contributed by atoms with Crippen LogP contribution in [0.1, 0.15) is 0 Å². The number of carbonyl (C=O) groups excluding carboxylic acids is 2. The second-order valence-electron chi connectivity index (χ2n) is 2.01. The fourth-order valence-electron chi connectivity index (χ4n) is 0.800. The Morgan fingerprint density at radius 1 is 1.15 bits per heavy atom. The van der Waals surface area contributed by atoms with Crippen molar-refractivity contribution in [2.75, 3.05) is 0 Å². The number of hydrogen-bond donors (Lipinski definition) is 0. The van der Waals surface area contributed by atoms with Crippen LogP contribution in [0.5, 0.6) is 0 Å². The van der Waals surface area contributed by atoms with Gasteiger partial charge in [-0.05, 0) is 12.1 Å². The van der Waals surface area contributed by atoms with E-state index in [4.69, 9.17) is 0 Å². The smallest absolute Gasteiger partial charge is 0.211 e. The number of benzene rings is 1. The summed E-state index contributed by atoms with van der Waals surface area (Å²) >= 11 is 0. The van der Waals surface area contributed by atoms with Crippen LogP contribution >= 0.6 is 0 Å². The average molecular weight is 178 g/mol. The van der Waals surface area contributed by atoms with E-state index in [1.165, 1.54) is 24.3 Å². The SMILES string of the molecule is O=C=Nc1cccc(F)c1N=C=O. The third kappa shape index (κ3) is 1.93. The van der Waals surface area contributed by atoms with Gasteiger partial charge >= 0.3 is 0 Å². The number of rotatable bonds is 2. The first-order valence-electron chi connectivity index (χ1n) is 3.24. The van der Waals surface area contributed by atoms with Crippen LogP contribution in [0.4, 0.5) is 15.8 Å². The highest BCUT2D eigenvalue weighted by Crippen LogP contribution is 2.29. The van der Waals surface area contributed by atoms with Crippen molar-refractivity contribution in [3.63, 3.8) is 0 Å². The van der Waals surface area contributed by atoms with Crippen molar-refractivity contribution in [1.82, 2.24) is 0 Å². The molecule has 0 fully saturated rings. The summed E-state index contributed by atoms with van der Waals surface area (Å²) in [6.07, 6.45) is 2.40. The molecule has 0 unspecified atom stereocenters. The Bertz CT molecular complexity index is 418. The van der Waals surface area contributed by atoms with Crippen LogP contribution < -0.4 is 0 Å². The molecule has 13 heavy (non-hydrogen) atoms. The van der Waals surface area contributed by atoms with Crippen molar-refractivity contribution in [3.05, 3.63) is 24.0 Å². The van der Waals surface area contributed by atoms with Crippen LogP contribution in [0, 0.1) is 5.82 Å². The lowest BCUT2D eigenvalue weighted by atomic mass is 10.2. The number of hydrogen-bond acceptors (Lipinski definition) is 4. The summed E-state index contributed by atoms with van der Waals surface area (Å²) in [4.78, 5) is 26.0. The number of halogens is 1. The zero-order valence-electron chi connectivity index (χ0n) is 6.32. The van der Waals surface area contributed by atoms with Gasteiger partial charge in [-0.1, -0.05) is 6.07 Å². The van der Waals surface area contributed by atoms with Gasteiger partial charge in [0, 0.05) is 0 Å². The quantitative estimate of drug-likeness (QED) is 0.511. The summed E-state index contributed by atoms with van der Waals surface area (Å²) in [5.74, 6) is -0.736. The molecule has 0 radical (unpaired) electrons. The van der Waals surface area contributed by atoms with Gasteiger partial charge in [0.1, 0.15) is 11.4 Å². The van der Waals surface area contributed by atoms with E-state index >= 15 is 0 Å². The van der Waals surface area contributed by atoms with Crippen molar-refractivity contribution in [2.45, 2.75) is 0 Å². The largest absolute Gasteiger partial charge is 0.240 e. The van der Waals surface area contributed by atoms with Gasteiger partial charge in [-0.3, -0.25) is 0 Å². The maximum Gasteiger partial charge on any atom is 0.240 e. The van der Waals surface area contributed by atoms with Gasteiger partial charge in [0.05, 0.1) is 0 Å². The van der Waals surface area contributed by atoms with E-state index in [-0.39, 0.29) is 11.4 Å². The minimum absolute atomic E-state index is 0.0432. The van der Waals surface area contributed by atoms with E-state index in [1.807, 2.05) is 0 Å². The van der Waals surface area contributed by atoms with E-state index in [0.29, 0.717) is 0 Å². The van der Waals surface area contributed by atoms with Crippen LogP contribution in [0.2, 0.25) is 0 Å². The van der Waals surface area contributed by atoms with Gasteiger partial charge in [-0.15, -0.1) is 0 Å². The van der Waals surface area contributed by atoms with E-state index < -0.39 is 5.82 Å². The highest BCUT2D eigenvalue weighted by molar-refractivity contribution is 5.68. The van der Waals surface area contributed by atoms with Crippen LogP contribution in [-0.2, 0) is 9.59 Å². The summed E-state index contributed by atoms with van der Waals surface area (Å²) in [7, 11) is 0. The molecule has 0 aliphatic rings. The predicted octanol–water partition coefficient (Wildman–Crippen LogP) is 1.76. The number of para-hydroxylation sites is 1. The molecule has 0 amide bonds. The first kappa shape index (κ1) is 9.00. The van der Waals surface area contributed by atoms with Gasteiger partial charge in [-0.2, -0.15) is 9.98 Å². The maximum absolute atomic E-state index is 12.9. The minimum Gasteiger partial charge on any atom is -0.211 e. The summed E-state index contributed by atoms with van der Waals surface area (Å²) < 4.78 is 12.9. The van der Waals surface area contributed by atoms with Crippen molar-refractivity contribution in [2.24, 2.45) is 9.98 Å². The fraction of sp³-hybridized carbons (Fsp3) is 0. The Morgan fingerprint density at radius 3 is 2.46 bits per heavy atom. The Kier molecular flexibility index (Phi) is 2.82. The summed E-state index contributed by atoms with van der Waals surface area (Å²) in [6, 6.07) is 3.78. The molecule has 1 aromatic carbocycles. The first-order chi connectivity index (χ1) is 6.29. The number of aliphatic imine (C=N–C) groups is 2. The molecule has 1 aromatic rings. The van der Waals surface area contributed by atoms with Crippen LogP contribution in [0.25, 0.3) is 0 Å². The van der Waals surface area contributed by atoms with E-state index in [2.05, 4.69) is 9.98 Å². The van der Waals surface area contributed by atoms with Gasteiger partial charge in [0.15, 0.2) is 5.82 Å². The highest BCUT2D eigenvalue weighted by Gasteiger charge is 2.05. The van der Waals surface area contributed by atoms with Crippen LogP contribution in [-0.4, -0.2) is 12.2 Å². The second-order valence-corrected chi connectivity index (χ2v) is 2.01. The third-order valence-electron chi connectivity index (χ3n) is 1.29. The molecule has 0 heterocycles. The lowest BCUT2D eigenvalue weighted by Gasteiger charge is -1.95. The van der Waals surface area contributed by atoms with Gasteiger partial charge in [0.25, 0.3) is 0 Å². The van der Waals surface area contributed by atoms with Gasteiger partial charge in [0.2, 0.25) is 12.2 Å². The molecule has 0 aromatic heterocycles. The van der Waals surface area contributed by atoms with Crippen molar-refractivity contribution in [1.29, 1.82) is 0 Å². The second kappa shape index (κ2) is 4.07. The maximum atomic E-state index is 12.9. The van der Waals surface area contributed by atoms with E-state index in [1.54, 1.807) is 0 Å². The molecule has 0 N–H and O–H groups in total. The third-order valence-corrected chi connectivity index (χ3v) is 1.29. The zero-order valence-corrected chi connectivity index (χ0v) is 6.32. The number of isocyanates is 2. The molecule has 0 aliphatic heterocycles. The zero-order chi connectivity index (χ0) is 9.68. The normalized spacial score (nSPS) is 8.38. The minimum atomic E-state index is -0.736. The molecule has 0 saturated carbocycles. The van der Waals surface area contributed by atoms with Gasteiger partial charge in [-0.25, -0.2) is 14.0 Å². The predicted molar refractivity (Wildman–Crippen MR) is 42.0 cm³/mol. The molecule has 64 valence electrons. The molecular formula is C8H3FN2O2. The fourth-order valence-corrected chi connectivity index (χ4v) is 0.800. The highest BCUT2D eigenvalue weighted by atomic mass is 19.1. The topological polar surface area (TPSA) is 58.9 Å². The monoisotopic (exact) mass is 178 g/mol. The standard InChI is InChI=1S/C8H3FN2O2/c9-6-2-1-3-7(10-4-12)8(6)11-5-13/h1-3H. The first-order valence-corrected chi connectivity index (χ1v) is 3.24. The molecule has 0 saturated heterocycles. The molecule has 0 atom stereocenters. The average Bonchev–Trinajstić information content (AvgIpc) is 2.11. The van der Waals surface area contributed by atoms with Crippen molar-refractivity contribution >= 4 is 23.5 Å². The Balaban J connectivity index is 3.41. The van der Waals surface area contributed by atoms with Crippen LogP contribution in [0.3, 0.4) is 0 Å². The molecule has 0 spiro atoms. The summed E-state index contributed by atoms with van der Waals surface area (Å²) in [5.41, 5.74) is -0.348. The summed E-state index contributed by atoms with van der Waals surface area (Å²) in [5, 5.41) is 0. The number of nitrogens with zero attached hydrogens (tertiary/aromatic N) is 2. The Labute approximate surface area is 72.4 Å². The van der Waals surface area contributed by atoms with Crippen LogP contribution in [0.15, 0.2) is 28.2 Å². The summed E-state index contributed by atoms with van der Waals surface area (Å²) in [6.45, 7) is 0. The Morgan fingerprint density at radius 2 is 1.85 bits per heavy atom. The molecule has 0 aliphatic carbocycles. The van der Waals surface area contributed by atoms with Crippen molar-refractivity contribution in [3.8, 4) is 0 Å². The van der Waals surface area contributed by atoms with E-state index in [9.17, 15) is 14.0 Å². The Hall–Kier alpha value is -2.09. The molecule has 1 rings (SSSR count). The lowest BCUT2D eigenvalue weighted by Crippen LogP contribution is -1.75.